The number of piperazine rings is 1. The fourth-order valence-electron chi connectivity index (χ4n) is 1.71. The lowest BCUT2D eigenvalue weighted by atomic mass is 9.92. The number of carboxylic acid groups (broad SMARTS) is 1. The molecule has 0 radical (unpaired) electrons. The Bertz CT molecular complexity index is 292. The molecule has 0 aromatic heterocycles. The summed E-state index contributed by atoms with van der Waals surface area (Å²) in [5.41, 5.74) is -0.0692. The van der Waals surface area contributed by atoms with Crippen LogP contribution >= 0.6 is 0 Å². The monoisotopic (exact) mass is 260 g/mol. The first-order chi connectivity index (χ1) is 8.52. The summed E-state index contributed by atoms with van der Waals surface area (Å²) in [5.74, 6) is -1.18. The Morgan fingerprint density at radius 3 is 1.94 bits per heavy atom. The van der Waals surface area contributed by atoms with Crippen LogP contribution in [0.3, 0.4) is 0 Å². The Labute approximate surface area is 105 Å². The van der Waals surface area contributed by atoms with E-state index in [-0.39, 0.29) is 12.0 Å². The van der Waals surface area contributed by atoms with E-state index in [1.807, 2.05) is 0 Å². The molecule has 0 saturated carbocycles. The summed E-state index contributed by atoms with van der Waals surface area (Å²) in [6, 6.07) is 0. The van der Waals surface area contributed by atoms with Crippen molar-refractivity contribution in [1.29, 1.82) is 0 Å². The van der Waals surface area contributed by atoms with Gasteiger partial charge >= 0.3 is 5.97 Å². The van der Waals surface area contributed by atoms with E-state index in [1.54, 1.807) is 0 Å². The maximum absolute atomic E-state index is 10.4. The molecule has 1 heterocycles. The minimum Gasteiger partial charge on any atom is -0.478 e. The highest BCUT2D eigenvalue weighted by molar-refractivity contribution is 5.87. The fraction of sp³-hybridized carbons (Fsp3) is 0.727. The molecule has 3 unspecified atom stereocenters. The maximum Gasteiger partial charge on any atom is 0.331 e. The van der Waals surface area contributed by atoms with E-state index in [2.05, 4.69) is 10.6 Å². The van der Waals surface area contributed by atoms with Crippen LogP contribution in [0.25, 0.3) is 0 Å². The van der Waals surface area contributed by atoms with Crippen molar-refractivity contribution < 1.29 is 25.2 Å². The maximum atomic E-state index is 10.4. The van der Waals surface area contributed by atoms with Gasteiger partial charge in [0.05, 0.1) is 6.10 Å². The number of hydrogen-bond donors (Lipinski definition) is 6. The van der Waals surface area contributed by atoms with Crippen LogP contribution < -0.4 is 10.6 Å². The first-order valence-electron chi connectivity index (χ1n) is 5.92. The molecule has 1 aliphatic carbocycles. The van der Waals surface area contributed by atoms with Crippen LogP contribution in [0.15, 0.2) is 11.6 Å². The van der Waals surface area contributed by atoms with Crippen molar-refractivity contribution in [3.63, 3.8) is 0 Å². The molecule has 18 heavy (non-hydrogen) atoms. The average Bonchev–Trinajstić information content (AvgIpc) is 2.38. The molecule has 0 bridgehead atoms. The summed E-state index contributed by atoms with van der Waals surface area (Å²) < 4.78 is 0. The van der Waals surface area contributed by atoms with Crippen LogP contribution in [0.5, 0.6) is 0 Å². The van der Waals surface area contributed by atoms with Gasteiger partial charge in [-0.25, -0.2) is 4.79 Å². The van der Waals surface area contributed by atoms with Crippen molar-refractivity contribution in [2.45, 2.75) is 24.7 Å². The SMILES string of the molecule is C1CNCCN1.O=C(O)C1=CC(O)C(O)C(O)C1. The highest BCUT2D eigenvalue weighted by Gasteiger charge is 2.31. The highest BCUT2D eigenvalue weighted by Crippen LogP contribution is 2.19. The molecule has 0 aromatic rings. The van der Waals surface area contributed by atoms with Gasteiger partial charge in [-0.05, 0) is 6.08 Å². The number of carboxylic acids is 1. The van der Waals surface area contributed by atoms with Crippen molar-refractivity contribution in [1.82, 2.24) is 10.6 Å². The van der Waals surface area contributed by atoms with Crippen molar-refractivity contribution in [2.24, 2.45) is 0 Å². The summed E-state index contributed by atoms with van der Waals surface area (Å²) in [5, 5.41) is 42.0. The van der Waals surface area contributed by atoms with Crippen molar-refractivity contribution in [3.05, 3.63) is 11.6 Å². The zero-order valence-electron chi connectivity index (χ0n) is 10.0. The number of rotatable bonds is 1. The van der Waals surface area contributed by atoms with Crippen molar-refractivity contribution in [3.8, 4) is 0 Å². The topological polar surface area (TPSA) is 122 Å². The van der Waals surface area contributed by atoms with Gasteiger partial charge in [-0.1, -0.05) is 0 Å². The minimum atomic E-state index is -1.29. The second-order valence-electron chi connectivity index (χ2n) is 4.25. The Morgan fingerprint density at radius 1 is 1.11 bits per heavy atom. The molecule has 2 rings (SSSR count). The van der Waals surface area contributed by atoms with Crippen LogP contribution in [0, 0.1) is 0 Å². The molecule has 0 amide bonds. The van der Waals surface area contributed by atoms with Gasteiger partial charge < -0.3 is 31.1 Å². The molecule has 0 aromatic carbocycles. The molecule has 0 spiro atoms. The molecule has 2 aliphatic rings. The Morgan fingerprint density at radius 2 is 1.61 bits per heavy atom. The van der Waals surface area contributed by atoms with E-state index in [0.717, 1.165) is 32.3 Å². The van der Waals surface area contributed by atoms with Crippen LogP contribution in [-0.2, 0) is 4.79 Å². The van der Waals surface area contributed by atoms with E-state index < -0.39 is 24.3 Å². The smallest absolute Gasteiger partial charge is 0.331 e. The Balaban J connectivity index is 0.000000225. The zero-order valence-corrected chi connectivity index (χ0v) is 10.0. The summed E-state index contributed by atoms with van der Waals surface area (Å²) in [7, 11) is 0. The number of hydrogen-bond acceptors (Lipinski definition) is 6. The molecule has 3 atom stereocenters. The first-order valence-corrected chi connectivity index (χ1v) is 5.92. The predicted octanol–water partition coefficient (Wildman–Crippen LogP) is -2.34. The largest absolute Gasteiger partial charge is 0.478 e. The fourth-order valence-corrected chi connectivity index (χ4v) is 1.71. The van der Waals surface area contributed by atoms with E-state index in [9.17, 15) is 4.79 Å². The first kappa shape index (κ1) is 15.1. The highest BCUT2D eigenvalue weighted by atomic mass is 16.4. The van der Waals surface area contributed by atoms with Gasteiger partial charge in [-0.15, -0.1) is 0 Å². The standard InChI is InChI=1S/C7H10O5.C4H10N2/c8-4-1-3(7(11)12)2-5(9)6(4)10;1-2-6-4-3-5-1/h1,4-6,8-10H,2H2,(H,11,12);5-6H,1-4H2. The third-order valence-corrected chi connectivity index (χ3v) is 2.78. The number of aliphatic hydroxyl groups is 3. The van der Waals surface area contributed by atoms with Gasteiger partial charge in [0.1, 0.15) is 12.2 Å². The van der Waals surface area contributed by atoms with Gasteiger partial charge in [-0.2, -0.15) is 0 Å². The second-order valence-corrected chi connectivity index (χ2v) is 4.25. The molecular weight excluding hydrogens is 240 g/mol. The Hall–Kier alpha value is -0.990. The van der Waals surface area contributed by atoms with Gasteiger partial charge in [0.15, 0.2) is 0 Å². The number of nitrogens with one attached hydrogen (secondary N) is 2. The van der Waals surface area contributed by atoms with Crippen molar-refractivity contribution >= 4 is 5.97 Å². The van der Waals surface area contributed by atoms with Gasteiger partial charge in [0, 0.05) is 38.2 Å². The quantitative estimate of drug-likeness (QED) is 0.312. The minimum absolute atomic E-state index is 0.0692. The van der Waals surface area contributed by atoms with E-state index in [1.165, 1.54) is 0 Å². The number of aliphatic hydroxyl groups excluding tert-OH is 3. The summed E-state index contributed by atoms with van der Waals surface area (Å²) in [6.45, 7) is 4.56. The normalized spacial score (nSPS) is 31.9. The average molecular weight is 260 g/mol. The zero-order chi connectivity index (χ0) is 13.5. The van der Waals surface area contributed by atoms with Crippen LogP contribution in [0.2, 0.25) is 0 Å². The van der Waals surface area contributed by atoms with Crippen LogP contribution in [0.1, 0.15) is 6.42 Å². The summed E-state index contributed by atoms with van der Waals surface area (Å²) in [4.78, 5) is 10.4. The lowest BCUT2D eigenvalue weighted by Gasteiger charge is -2.25. The molecule has 7 heteroatoms. The van der Waals surface area contributed by atoms with E-state index in [4.69, 9.17) is 20.4 Å². The molecule has 7 nitrogen and oxygen atoms in total. The third kappa shape index (κ3) is 4.71. The lowest BCUT2D eigenvalue weighted by Crippen LogP contribution is -2.40. The van der Waals surface area contributed by atoms with Gasteiger partial charge in [0.25, 0.3) is 0 Å². The lowest BCUT2D eigenvalue weighted by molar-refractivity contribution is -0.134. The Kier molecular flexibility index (Phi) is 6.23. The van der Waals surface area contributed by atoms with E-state index in [0.29, 0.717) is 0 Å². The van der Waals surface area contributed by atoms with Crippen LogP contribution in [0.4, 0.5) is 0 Å². The second kappa shape index (κ2) is 7.45. The van der Waals surface area contributed by atoms with Gasteiger partial charge in [-0.3, -0.25) is 0 Å². The summed E-state index contributed by atoms with van der Waals surface area (Å²) in [6.07, 6.45) is -2.86. The predicted molar refractivity (Wildman–Crippen MR) is 64.1 cm³/mol. The molecule has 104 valence electrons. The third-order valence-electron chi connectivity index (χ3n) is 2.78. The molecule has 1 saturated heterocycles. The molecule has 6 N–H and O–H groups in total. The molecule has 1 fully saturated rings. The van der Waals surface area contributed by atoms with Crippen LogP contribution in [-0.4, -0.2) is 70.9 Å². The molecular formula is C11H20N2O5. The van der Waals surface area contributed by atoms with E-state index >= 15 is 0 Å². The molecule has 1 aliphatic heterocycles. The van der Waals surface area contributed by atoms with Gasteiger partial charge in [0.2, 0.25) is 0 Å². The number of aliphatic carboxylic acids is 1. The van der Waals surface area contributed by atoms with Crippen molar-refractivity contribution in [2.75, 3.05) is 26.2 Å². The number of carbonyl (C=O) groups is 1. The summed E-state index contributed by atoms with van der Waals surface area (Å²) >= 11 is 0.